The first-order chi connectivity index (χ1) is 11.5. The maximum absolute atomic E-state index is 11.5. The van der Waals surface area contributed by atoms with Crippen molar-refractivity contribution in [3.8, 4) is 11.5 Å². The Morgan fingerprint density at radius 2 is 1.62 bits per heavy atom. The van der Waals surface area contributed by atoms with Gasteiger partial charge in [0.25, 0.3) is 0 Å². The van der Waals surface area contributed by atoms with Gasteiger partial charge in [-0.15, -0.1) is 0 Å². The van der Waals surface area contributed by atoms with Crippen molar-refractivity contribution in [3.05, 3.63) is 53.6 Å². The first-order valence-electron chi connectivity index (χ1n) is 7.70. The lowest BCUT2D eigenvalue weighted by molar-refractivity contribution is -0.114. The number of anilines is 1. The molecule has 5 nitrogen and oxygen atoms in total. The summed E-state index contributed by atoms with van der Waals surface area (Å²) in [6.45, 7) is 5.56. The molecule has 0 saturated carbocycles. The van der Waals surface area contributed by atoms with Crippen LogP contribution in [0, 0.1) is 6.92 Å². The van der Waals surface area contributed by atoms with E-state index in [1.807, 2.05) is 31.2 Å². The third kappa shape index (κ3) is 5.12. The fraction of sp³-hybridized carbons (Fsp3) is 0.263. The molecular weight excluding hydrogens is 306 g/mol. The second-order valence-corrected chi connectivity index (χ2v) is 5.46. The second kappa shape index (κ2) is 8.15. The van der Waals surface area contributed by atoms with Gasteiger partial charge >= 0.3 is 0 Å². The van der Waals surface area contributed by atoms with Crippen LogP contribution in [0.3, 0.4) is 0 Å². The van der Waals surface area contributed by atoms with Crippen LogP contribution < -0.4 is 14.8 Å². The summed E-state index contributed by atoms with van der Waals surface area (Å²) in [7, 11) is 0. The van der Waals surface area contributed by atoms with Crippen LogP contribution >= 0.6 is 0 Å². The van der Waals surface area contributed by atoms with Crippen molar-refractivity contribution in [3.63, 3.8) is 0 Å². The molecule has 24 heavy (non-hydrogen) atoms. The van der Waals surface area contributed by atoms with Crippen molar-refractivity contribution in [2.45, 2.75) is 20.8 Å². The zero-order chi connectivity index (χ0) is 17.5. The number of carbonyl (C=O) groups excluding carboxylic acids is 2. The molecule has 2 rings (SSSR count). The van der Waals surface area contributed by atoms with Gasteiger partial charge in [-0.05, 0) is 44.2 Å². The average molecular weight is 327 g/mol. The highest BCUT2D eigenvalue weighted by atomic mass is 16.5. The van der Waals surface area contributed by atoms with Gasteiger partial charge in [0.2, 0.25) is 5.91 Å². The number of rotatable bonds is 7. The van der Waals surface area contributed by atoms with E-state index in [1.54, 1.807) is 18.2 Å². The minimum Gasteiger partial charge on any atom is -0.490 e. The summed E-state index contributed by atoms with van der Waals surface area (Å²) in [5.41, 5.74) is 2.22. The zero-order valence-electron chi connectivity index (χ0n) is 14.1. The van der Waals surface area contributed by atoms with Crippen molar-refractivity contribution in [2.75, 3.05) is 18.5 Å². The maximum atomic E-state index is 11.5. The fourth-order valence-corrected chi connectivity index (χ4v) is 2.10. The average Bonchev–Trinajstić information content (AvgIpc) is 2.53. The van der Waals surface area contributed by atoms with Crippen LogP contribution in [0.25, 0.3) is 0 Å². The Kier molecular flexibility index (Phi) is 5.95. The van der Waals surface area contributed by atoms with Gasteiger partial charge in [0.1, 0.15) is 24.7 Å². The molecule has 0 heterocycles. The molecule has 0 aliphatic carbocycles. The Morgan fingerprint density at radius 3 is 2.25 bits per heavy atom. The highest BCUT2D eigenvalue weighted by Gasteiger charge is 2.09. The minimum atomic E-state index is -0.202. The molecule has 126 valence electrons. The number of ether oxygens (including phenoxy) is 2. The molecule has 0 aliphatic rings. The molecule has 0 saturated heterocycles. The van der Waals surface area contributed by atoms with Crippen LogP contribution in [-0.4, -0.2) is 24.9 Å². The molecule has 0 radical (unpaired) electrons. The van der Waals surface area contributed by atoms with Gasteiger partial charge in [0, 0.05) is 12.5 Å². The van der Waals surface area contributed by atoms with Crippen LogP contribution in [0.1, 0.15) is 29.8 Å². The minimum absolute atomic E-state index is 0.0647. The maximum Gasteiger partial charge on any atom is 0.221 e. The molecule has 2 aromatic rings. The van der Waals surface area contributed by atoms with E-state index in [4.69, 9.17) is 9.47 Å². The number of benzene rings is 2. The number of hydrogen-bond donors (Lipinski definition) is 1. The van der Waals surface area contributed by atoms with Gasteiger partial charge in [-0.3, -0.25) is 9.59 Å². The summed E-state index contributed by atoms with van der Waals surface area (Å²) in [5, 5.41) is 2.69. The zero-order valence-corrected chi connectivity index (χ0v) is 14.1. The van der Waals surface area contributed by atoms with Crippen LogP contribution in [0.15, 0.2) is 42.5 Å². The molecule has 0 aliphatic heterocycles. The standard InChI is InChI=1S/C19H21NO4/c1-13-4-7-17(8-5-13)23-10-11-24-19-12-16(14(2)21)6-9-18(19)20-15(3)22/h4-9,12H,10-11H2,1-3H3,(H,20,22). The number of ketones is 1. The van der Waals surface area contributed by atoms with Crippen LogP contribution in [-0.2, 0) is 4.79 Å². The molecule has 1 N–H and O–H groups in total. The number of carbonyl (C=O) groups is 2. The number of hydrogen-bond acceptors (Lipinski definition) is 4. The topological polar surface area (TPSA) is 64.6 Å². The van der Waals surface area contributed by atoms with Crippen molar-refractivity contribution in [2.24, 2.45) is 0 Å². The summed E-state index contributed by atoms with van der Waals surface area (Å²) in [6.07, 6.45) is 0. The van der Waals surface area contributed by atoms with E-state index in [2.05, 4.69) is 5.32 Å². The lowest BCUT2D eigenvalue weighted by Gasteiger charge is -2.13. The summed E-state index contributed by atoms with van der Waals surface area (Å²) in [6, 6.07) is 12.7. The highest BCUT2D eigenvalue weighted by molar-refractivity contribution is 5.96. The Balaban J connectivity index is 1.98. The van der Waals surface area contributed by atoms with E-state index < -0.39 is 0 Å². The molecule has 0 bridgehead atoms. The molecule has 0 spiro atoms. The molecule has 0 fully saturated rings. The van der Waals surface area contributed by atoms with Gasteiger partial charge in [0.15, 0.2) is 5.78 Å². The molecule has 0 unspecified atom stereocenters. The number of Topliss-reactive ketones (excluding diaryl/α,β-unsaturated/α-hetero) is 1. The van der Waals surface area contributed by atoms with Crippen molar-refractivity contribution < 1.29 is 19.1 Å². The monoisotopic (exact) mass is 327 g/mol. The first kappa shape index (κ1) is 17.5. The lowest BCUT2D eigenvalue weighted by atomic mass is 10.1. The Bertz CT molecular complexity index is 723. The van der Waals surface area contributed by atoms with Crippen LogP contribution in [0.5, 0.6) is 11.5 Å². The number of aryl methyl sites for hydroxylation is 1. The largest absolute Gasteiger partial charge is 0.490 e. The second-order valence-electron chi connectivity index (χ2n) is 5.46. The van der Waals surface area contributed by atoms with E-state index in [0.717, 1.165) is 5.75 Å². The smallest absolute Gasteiger partial charge is 0.221 e. The predicted molar refractivity (Wildman–Crippen MR) is 92.9 cm³/mol. The number of nitrogens with one attached hydrogen (secondary N) is 1. The molecule has 1 amide bonds. The van der Waals surface area contributed by atoms with Gasteiger partial charge in [-0.25, -0.2) is 0 Å². The summed E-state index contributed by atoms with van der Waals surface area (Å²) in [5.74, 6) is 0.950. The van der Waals surface area contributed by atoms with Gasteiger partial charge in [0.05, 0.1) is 5.69 Å². The van der Waals surface area contributed by atoms with E-state index in [-0.39, 0.29) is 11.7 Å². The summed E-state index contributed by atoms with van der Waals surface area (Å²) >= 11 is 0. The molecular formula is C19H21NO4. The Labute approximate surface area is 141 Å². The SMILES string of the molecule is CC(=O)Nc1ccc(C(C)=O)cc1OCCOc1ccc(C)cc1. The van der Waals surface area contributed by atoms with Crippen molar-refractivity contribution in [1.82, 2.24) is 0 Å². The van der Waals surface area contributed by atoms with Crippen LogP contribution in [0.2, 0.25) is 0 Å². The molecule has 5 heteroatoms. The fourth-order valence-electron chi connectivity index (χ4n) is 2.10. The molecule has 0 aromatic heterocycles. The Morgan fingerprint density at radius 1 is 0.958 bits per heavy atom. The van der Waals surface area contributed by atoms with Crippen LogP contribution in [0.4, 0.5) is 5.69 Å². The summed E-state index contributed by atoms with van der Waals surface area (Å²) in [4.78, 5) is 22.8. The van der Waals surface area contributed by atoms with E-state index >= 15 is 0 Å². The Hall–Kier alpha value is -2.82. The van der Waals surface area contributed by atoms with Gasteiger partial charge < -0.3 is 14.8 Å². The van der Waals surface area contributed by atoms with E-state index in [1.165, 1.54) is 19.4 Å². The molecule has 2 aromatic carbocycles. The summed E-state index contributed by atoms with van der Waals surface area (Å²) < 4.78 is 11.3. The quantitative estimate of drug-likeness (QED) is 0.623. The van der Waals surface area contributed by atoms with E-state index in [9.17, 15) is 9.59 Å². The van der Waals surface area contributed by atoms with Crippen molar-refractivity contribution in [1.29, 1.82) is 0 Å². The van der Waals surface area contributed by atoms with Gasteiger partial charge in [-0.2, -0.15) is 0 Å². The highest BCUT2D eigenvalue weighted by Crippen LogP contribution is 2.26. The van der Waals surface area contributed by atoms with E-state index in [0.29, 0.717) is 30.2 Å². The van der Waals surface area contributed by atoms with Gasteiger partial charge in [-0.1, -0.05) is 17.7 Å². The molecule has 0 atom stereocenters. The van der Waals surface area contributed by atoms with Crippen molar-refractivity contribution >= 4 is 17.4 Å². The number of amides is 1. The lowest BCUT2D eigenvalue weighted by Crippen LogP contribution is -2.12. The third-order valence-corrected chi connectivity index (χ3v) is 3.33. The normalized spacial score (nSPS) is 10.1. The predicted octanol–water partition coefficient (Wildman–Crippen LogP) is 3.61. The third-order valence-electron chi connectivity index (χ3n) is 3.33. The first-order valence-corrected chi connectivity index (χ1v) is 7.70.